The van der Waals surface area contributed by atoms with Crippen LogP contribution in [0.3, 0.4) is 0 Å². The van der Waals surface area contributed by atoms with Gasteiger partial charge in [0.2, 0.25) is 0 Å². The van der Waals surface area contributed by atoms with E-state index in [0.717, 1.165) is 18.5 Å². The smallest absolute Gasteiger partial charge is 0.101 e. The van der Waals surface area contributed by atoms with Crippen molar-refractivity contribution in [2.45, 2.75) is 39.7 Å². The molecule has 0 aromatic heterocycles. The Morgan fingerprint density at radius 1 is 1.35 bits per heavy atom. The maximum Gasteiger partial charge on any atom is 0.101 e. The van der Waals surface area contributed by atoms with Crippen molar-refractivity contribution < 1.29 is 0 Å². The largest absolute Gasteiger partial charge is 0.381 e. The third kappa shape index (κ3) is 3.64. The maximum absolute atomic E-state index is 9.04. The molecule has 0 aliphatic rings. The van der Waals surface area contributed by atoms with E-state index in [1.165, 1.54) is 0 Å². The molecule has 1 N–H and O–H groups in total. The normalized spacial score (nSPS) is 12.2. The summed E-state index contributed by atoms with van der Waals surface area (Å²) in [5, 5.41) is 13.1. The summed E-state index contributed by atoms with van der Waals surface area (Å²) in [6.45, 7) is 6.53. The highest BCUT2D eigenvalue weighted by molar-refractivity contribution is 6.30. The van der Waals surface area contributed by atoms with Gasteiger partial charge in [-0.3, -0.25) is 0 Å². The zero-order valence-electron chi connectivity index (χ0n) is 10.6. The summed E-state index contributed by atoms with van der Waals surface area (Å²) in [6.07, 6.45) is 2.26. The Bertz CT molecular complexity index is 405. The fourth-order valence-electron chi connectivity index (χ4n) is 2.09. The van der Waals surface area contributed by atoms with Gasteiger partial charge in [-0.05, 0) is 31.0 Å². The van der Waals surface area contributed by atoms with Crippen molar-refractivity contribution in [2.75, 3.05) is 5.32 Å². The standard InChI is InChI=1S/C14H19ClN2/c1-4-11(5-2)10(3)17-14-8-13(15)7-6-12(14)9-16/h6-8,10-11,17H,4-5H2,1-3H3. The summed E-state index contributed by atoms with van der Waals surface area (Å²) in [6, 6.07) is 7.84. The van der Waals surface area contributed by atoms with Crippen LogP contribution in [0, 0.1) is 17.2 Å². The van der Waals surface area contributed by atoms with Gasteiger partial charge in [-0.2, -0.15) is 5.26 Å². The van der Waals surface area contributed by atoms with Gasteiger partial charge in [-0.15, -0.1) is 0 Å². The first kappa shape index (κ1) is 13.9. The first-order valence-electron chi connectivity index (χ1n) is 6.08. The predicted molar refractivity (Wildman–Crippen MR) is 73.3 cm³/mol. The summed E-state index contributed by atoms with van der Waals surface area (Å²) < 4.78 is 0. The molecule has 0 aliphatic heterocycles. The summed E-state index contributed by atoms with van der Waals surface area (Å²) in [7, 11) is 0. The van der Waals surface area contributed by atoms with E-state index in [0.29, 0.717) is 22.5 Å². The summed E-state index contributed by atoms with van der Waals surface area (Å²) in [5.74, 6) is 0.612. The average Bonchev–Trinajstić information content (AvgIpc) is 2.31. The van der Waals surface area contributed by atoms with Crippen LogP contribution in [0.25, 0.3) is 0 Å². The van der Waals surface area contributed by atoms with Crippen molar-refractivity contribution in [3.63, 3.8) is 0 Å². The van der Waals surface area contributed by atoms with Crippen LogP contribution in [0.4, 0.5) is 5.69 Å². The number of nitriles is 1. The lowest BCUT2D eigenvalue weighted by Gasteiger charge is -2.24. The molecule has 0 amide bonds. The number of rotatable bonds is 5. The van der Waals surface area contributed by atoms with Gasteiger partial charge in [0.15, 0.2) is 0 Å². The van der Waals surface area contributed by atoms with Crippen molar-refractivity contribution in [2.24, 2.45) is 5.92 Å². The second kappa shape index (κ2) is 6.51. The van der Waals surface area contributed by atoms with Crippen LogP contribution >= 0.6 is 11.6 Å². The number of hydrogen-bond acceptors (Lipinski definition) is 2. The Hall–Kier alpha value is -1.20. The molecule has 0 heterocycles. The number of nitrogens with one attached hydrogen (secondary N) is 1. The number of benzene rings is 1. The van der Waals surface area contributed by atoms with Crippen molar-refractivity contribution >= 4 is 17.3 Å². The summed E-state index contributed by atoms with van der Waals surface area (Å²) in [5.41, 5.74) is 1.48. The molecule has 1 aromatic carbocycles. The molecule has 0 fully saturated rings. The van der Waals surface area contributed by atoms with Crippen LogP contribution in [0.1, 0.15) is 39.2 Å². The zero-order valence-corrected chi connectivity index (χ0v) is 11.4. The van der Waals surface area contributed by atoms with Crippen molar-refractivity contribution in [1.29, 1.82) is 5.26 Å². The maximum atomic E-state index is 9.04. The molecule has 1 atom stereocenters. The van der Waals surface area contributed by atoms with Crippen LogP contribution in [0.15, 0.2) is 18.2 Å². The van der Waals surface area contributed by atoms with Gasteiger partial charge in [-0.25, -0.2) is 0 Å². The fourth-order valence-corrected chi connectivity index (χ4v) is 2.26. The Morgan fingerprint density at radius 2 is 2.00 bits per heavy atom. The molecule has 2 nitrogen and oxygen atoms in total. The average molecular weight is 251 g/mol. The lowest BCUT2D eigenvalue weighted by atomic mass is 9.95. The van der Waals surface area contributed by atoms with Gasteiger partial charge in [0.25, 0.3) is 0 Å². The van der Waals surface area contributed by atoms with Crippen molar-refractivity contribution in [1.82, 2.24) is 0 Å². The highest BCUT2D eigenvalue weighted by Crippen LogP contribution is 2.24. The van der Waals surface area contributed by atoms with E-state index in [9.17, 15) is 0 Å². The lowest BCUT2D eigenvalue weighted by Crippen LogP contribution is -2.25. The number of halogens is 1. The second-order valence-corrected chi connectivity index (χ2v) is 4.75. The van der Waals surface area contributed by atoms with Crippen LogP contribution in [-0.4, -0.2) is 6.04 Å². The molecular formula is C14H19ClN2. The third-order valence-corrected chi connectivity index (χ3v) is 3.48. The van der Waals surface area contributed by atoms with E-state index in [4.69, 9.17) is 16.9 Å². The van der Waals surface area contributed by atoms with E-state index >= 15 is 0 Å². The van der Waals surface area contributed by atoms with Crippen LogP contribution in [0.2, 0.25) is 5.02 Å². The van der Waals surface area contributed by atoms with Crippen LogP contribution in [0.5, 0.6) is 0 Å². The lowest BCUT2D eigenvalue weighted by molar-refractivity contribution is 0.438. The minimum Gasteiger partial charge on any atom is -0.381 e. The van der Waals surface area contributed by atoms with E-state index < -0.39 is 0 Å². The topological polar surface area (TPSA) is 35.8 Å². The molecule has 0 bridgehead atoms. The Labute approximate surface area is 109 Å². The number of nitrogens with zero attached hydrogens (tertiary/aromatic N) is 1. The summed E-state index contributed by atoms with van der Waals surface area (Å²) in [4.78, 5) is 0. The molecular weight excluding hydrogens is 232 g/mol. The minimum absolute atomic E-state index is 0.343. The van der Waals surface area contributed by atoms with E-state index in [1.807, 2.05) is 6.07 Å². The molecule has 92 valence electrons. The van der Waals surface area contributed by atoms with Gasteiger partial charge in [-0.1, -0.05) is 38.3 Å². The molecule has 17 heavy (non-hydrogen) atoms. The predicted octanol–water partition coefficient (Wildman–Crippen LogP) is 4.45. The van der Waals surface area contributed by atoms with Crippen LogP contribution < -0.4 is 5.32 Å². The molecule has 0 aliphatic carbocycles. The summed E-state index contributed by atoms with van der Waals surface area (Å²) >= 11 is 5.96. The second-order valence-electron chi connectivity index (χ2n) is 4.31. The van der Waals surface area contributed by atoms with Crippen molar-refractivity contribution in [3.05, 3.63) is 28.8 Å². The van der Waals surface area contributed by atoms with Gasteiger partial charge < -0.3 is 5.32 Å². The SMILES string of the molecule is CCC(CC)C(C)Nc1cc(Cl)ccc1C#N. The molecule has 3 heteroatoms. The van der Waals surface area contributed by atoms with Crippen molar-refractivity contribution in [3.8, 4) is 6.07 Å². The molecule has 1 unspecified atom stereocenters. The minimum atomic E-state index is 0.343. The van der Waals surface area contributed by atoms with E-state index in [-0.39, 0.29) is 0 Å². The zero-order chi connectivity index (χ0) is 12.8. The number of anilines is 1. The monoisotopic (exact) mass is 250 g/mol. The molecule has 1 rings (SSSR count). The molecule has 1 aromatic rings. The van der Waals surface area contributed by atoms with E-state index in [2.05, 4.69) is 32.2 Å². The fraction of sp³-hybridized carbons (Fsp3) is 0.500. The van der Waals surface area contributed by atoms with Crippen LogP contribution in [-0.2, 0) is 0 Å². The molecule has 0 saturated heterocycles. The molecule has 0 spiro atoms. The highest BCUT2D eigenvalue weighted by atomic mass is 35.5. The highest BCUT2D eigenvalue weighted by Gasteiger charge is 2.14. The first-order chi connectivity index (χ1) is 8.12. The van der Waals surface area contributed by atoms with Gasteiger partial charge in [0.1, 0.15) is 6.07 Å². The Morgan fingerprint density at radius 3 is 2.53 bits per heavy atom. The number of hydrogen-bond donors (Lipinski definition) is 1. The van der Waals surface area contributed by atoms with Gasteiger partial charge >= 0.3 is 0 Å². The van der Waals surface area contributed by atoms with Gasteiger partial charge in [0.05, 0.1) is 11.3 Å². The molecule has 0 radical (unpaired) electrons. The van der Waals surface area contributed by atoms with Gasteiger partial charge in [0, 0.05) is 11.1 Å². The Kier molecular flexibility index (Phi) is 5.31. The third-order valence-electron chi connectivity index (χ3n) is 3.24. The quantitative estimate of drug-likeness (QED) is 0.838. The Balaban J connectivity index is 2.87. The molecule has 0 saturated carbocycles. The van der Waals surface area contributed by atoms with E-state index in [1.54, 1.807) is 12.1 Å². The first-order valence-corrected chi connectivity index (χ1v) is 6.46.